The number of carbonyl (C=O) groups is 1. The molecule has 15 heavy (non-hydrogen) atoms. The molecule has 3 nitrogen and oxygen atoms in total. The van der Waals surface area contributed by atoms with Crippen LogP contribution in [0.15, 0.2) is 0 Å². The molecule has 0 bridgehead atoms. The minimum absolute atomic E-state index is 0.122. The van der Waals surface area contributed by atoms with E-state index in [4.69, 9.17) is 4.74 Å². The van der Waals surface area contributed by atoms with Crippen LogP contribution >= 0.6 is 0 Å². The molecule has 0 aliphatic carbocycles. The first kappa shape index (κ1) is 14.4. The van der Waals surface area contributed by atoms with Gasteiger partial charge in [-0.1, -0.05) is 26.7 Å². The number of carbonyl (C=O) groups excluding carboxylic acids is 1. The first-order valence-corrected chi connectivity index (χ1v) is 6.08. The fourth-order valence-electron chi connectivity index (χ4n) is 1.53. The standard InChI is InChI=1S/C12H25NO2/c1-5-8-9-10(4)13-11(6-2)12(14)15-7-3/h10-11,13H,5-9H2,1-4H3. The van der Waals surface area contributed by atoms with Gasteiger partial charge in [-0.15, -0.1) is 0 Å². The van der Waals surface area contributed by atoms with Gasteiger partial charge in [0.05, 0.1) is 6.61 Å². The van der Waals surface area contributed by atoms with Gasteiger partial charge >= 0.3 is 5.97 Å². The number of unbranched alkanes of at least 4 members (excludes halogenated alkanes) is 1. The highest BCUT2D eigenvalue weighted by Gasteiger charge is 2.18. The third-order valence-electron chi connectivity index (χ3n) is 2.46. The average molecular weight is 215 g/mol. The number of hydrogen-bond donors (Lipinski definition) is 1. The van der Waals surface area contributed by atoms with Crippen LogP contribution in [-0.2, 0) is 9.53 Å². The van der Waals surface area contributed by atoms with E-state index in [9.17, 15) is 4.79 Å². The summed E-state index contributed by atoms with van der Waals surface area (Å²) in [6.07, 6.45) is 4.30. The van der Waals surface area contributed by atoms with Crippen LogP contribution in [0, 0.1) is 0 Å². The summed E-state index contributed by atoms with van der Waals surface area (Å²) in [6.45, 7) is 8.60. The summed E-state index contributed by atoms with van der Waals surface area (Å²) >= 11 is 0. The van der Waals surface area contributed by atoms with E-state index in [-0.39, 0.29) is 12.0 Å². The lowest BCUT2D eigenvalue weighted by Gasteiger charge is -2.20. The Morgan fingerprint density at radius 2 is 2.00 bits per heavy atom. The van der Waals surface area contributed by atoms with Crippen LogP contribution in [0.3, 0.4) is 0 Å². The van der Waals surface area contributed by atoms with Crippen molar-refractivity contribution in [3.63, 3.8) is 0 Å². The van der Waals surface area contributed by atoms with E-state index in [0.29, 0.717) is 12.6 Å². The summed E-state index contributed by atoms with van der Waals surface area (Å²) < 4.78 is 5.00. The zero-order valence-electron chi connectivity index (χ0n) is 10.5. The molecular weight excluding hydrogens is 190 g/mol. The minimum atomic E-state index is -0.142. The van der Waals surface area contributed by atoms with Crippen molar-refractivity contribution in [2.75, 3.05) is 6.61 Å². The van der Waals surface area contributed by atoms with Gasteiger partial charge in [-0.3, -0.25) is 4.79 Å². The van der Waals surface area contributed by atoms with Gasteiger partial charge in [0.2, 0.25) is 0 Å². The van der Waals surface area contributed by atoms with Crippen LogP contribution in [0.5, 0.6) is 0 Å². The highest BCUT2D eigenvalue weighted by atomic mass is 16.5. The second-order valence-corrected chi connectivity index (χ2v) is 3.92. The molecule has 0 fully saturated rings. The molecule has 0 aromatic rings. The number of hydrogen-bond acceptors (Lipinski definition) is 3. The third kappa shape index (κ3) is 6.50. The molecule has 0 aromatic carbocycles. The number of nitrogens with one attached hydrogen (secondary N) is 1. The molecule has 90 valence electrons. The SMILES string of the molecule is CCCCC(C)NC(CC)C(=O)OCC. The van der Waals surface area contributed by atoms with Crippen LogP contribution < -0.4 is 5.32 Å². The number of esters is 1. The highest BCUT2D eigenvalue weighted by molar-refractivity contribution is 5.75. The molecule has 0 rings (SSSR count). The van der Waals surface area contributed by atoms with E-state index in [1.54, 1.807) is 0 Å². The lowest BCUT2D eigenvalue weighted by molar-refractivity contribution is -0.146. The third-order valence-corrected chi connectivity index (χ3v) is 2.46. The van der Waals surface area contributed by atoms with Crippen molar-refractivity contribution in [2.24, 2.45) is 0 Å². The number of rotatable bonds is 8. The molecule has 0 aliphatic heterocycles. The highest BCUT2D eigenvalue weighted by Crippen LogP contribution is 2.03. The molecular formula is C12H25NO2. The lowest BCUT2D eigenvalue weighted by Crippen LogP contribution is -2.42. The van der Waals surface area contributed by atoms with Crippen LogP contribution in [0.1, 0.15) is 53.4 Å². The van der Waals surface area contributed by atoms with Gasteiger partial charge in [-0.2, -0.15) is 0 Å². The predicted octanol–water partition coefficient (Wildman–Crippen LogP) is 2.50. The molecule has 0 heterocycles. The normalized spacial score (nSPS) is 14.7. The maximum atomic E-state index is 11.5. The summed E-state index contributed by atoms with van der Waals surface area (Å²) in [5.41, 5.74) is 0. The van der Waals surface area contributed by atoms with E-state index in [1.807, 2.05) is 13.8 Å². The van der Waals surface area contributed by atoms with E-state index in [0.717, 1.165) is 12.8 Å². The van der Waals surface area contributed by atoms with Gasteiger partial charge in [0.25, 0.3) is 0 Å². The van der Waals surface area contributed by atoms with E-state index < -0.39 is 0 Å². The largest absolute Gasteiger partial charge is 0.465 e. The van der Waals surface area contributed by atoms with Crippen molar-refractivity contribution in [1.29, 1.82) is 0 Å². The second-order valence-electron chi connectivity index (χ2n) is 3.92. The molecule has 2 unspecified atom stereocenters. The van der Waals surface area contributed by atoms with Crippen LogP contribution in [0.2, 0.25) is 0 Å². The average Bonchev–Trinajstić information content (AvgIpc) is 2.23. The van der Waals surface area contributed by atoms with Gasteiger partial charge in [-0.05, 0) is 26.7 Å². The Balaban J connectivity index is 3.91. The molecule has 2 atom stereocenters. The van der Waals surface area contributed by atoms with Gasteiger partial charge in [0, 0.05) is 6.04 Å². The lowest BCUT2D eigenvalue weighted by atomic mass is 10.1. The Morgan fingerprint density at radius 1 is 1.33 bits per heavy atom. The van der Waals surface area contributed by atoms with Crippen molar-refractivity contribution in [2.45, 2.75) is 65.5 Å². The molecule has 0 saturated heterocycles. The summed E-state index contributed by atoms with van der Waals surface area (Å²) in [4.78, 5) is 11.5. The van der Waals surface area contributed by atoms with E-state index >= 15 is 0 Å². The summed E-state index contributed by atoms with van der Waals surface area (Å²) in [6, 6.07) is 0.246. The molecule has 0 aromatic heterocycles. The van der Waals surface area contributed by atoms with Crippen molar-refractivity contribution < 1.29 is 9.53 Å². The minimum Gasteiger partial charge on any atom is -0.465 e. The van der Waals surface area contributed by atoms with Crippen LogP contribution in [-0.4, -0.2) is 24.7 Å². The fraction of sp³-hybridized carbons (Fsp3) is 0.917. The zero-order chi connectivity index (χ0) is 11.7. The maximum absolute atomic E-state index is 11.5. The predicted molar refractivity (Wildman–Crippen MR) is 62.8 cm³/mol. The van der Waals surface area contributed by atoms with Gasteiger partial charge < -0.3 is 10.1 Å². The molecule has 0 spiro atoms. The van der Waals surface area contributed by atoms with Crippen molar-refractivity contribution >= 4 is 5.97 Å². The molecule has 0 saturated carbocycles. The van der Waals surface area contributed by atoms with Gasteiger partial charge in [0.1, 0.15) is 6.04 Å². The summed E-state index contributed by atoms with van der Waals surface area (Å²) in [5, 5.41) is 3.31. The van der Waals surface area contributed by atoms with Gasteiger partial charge in [0.15, 0.2) is 0 Å². The molecule has 0 amide bonds. The quantitative estimate of drug-likeness (QED) is 0.632. The zero-order valence-corrected chi connectivity index (χ0v) is 10.5. The van der Waals surface area contributed by atoms with Crippen LogP contribution in [0.4, 0.5) is 0 Å². The molecule has 0 radical (unpaired) electrons. The molecule has 3 heteroatoms. The van der Waals surface area contributed by atoms with Crippen LogP contribution in [0.25, 0.3) is 0 Å². The molecule has 0 aliphatic rings. The van der Waals surface area contributed by atoms with Gasteiger partial charge in [-0.25, -0.2) is 0 Å². The Labute approximate surface area is 93.6 Å². The van der Waals surface area contributed by atoms with E-state index in [2.05, 4.69) is 19.2 Å². The Hall–Kier alpha value is -0.570. The first-order valence-electron chi connectivity index (χ1n) is 6.08. The Bertz CT molecular complexity index is 171. The smallest absolute Gasteiger partial charge is 0.323 e. The van der Waals surface area contributed by atoms with Crippen molar-refractivity contribution in [1.82, 2.24) is 5.32 Å². The topological polar surface area (TPSA) is 38.3 Å². The Morgan fingerprint density at radius 3 is 2.47 bits per heavy atom. The number of ether oxygens (including phenoxy) is 1. The summed E-state index contributed by atoms with van der Waals surface area (Å²) in [7, 11) is 0. The Kier molecular flexibility index (Phi) is 8.38. The first-order chi connectivity index (χ1) is 7.15. The van der Waals surface area contributed by atoms with Crippen molar-refractivity contribution in [3.8, 4) is 0 Å². The maximum Gasteiger partial charge on any atom is 0.323 e. The fourth-order valence-corrected chi connectivity index (χ4v) is 1.53. The van der Waals surface area contributed by atoms with Crippen molar-refractivity contribution in [3.05, 3.63) is 0 Å². The monoisotopic (exact) mass is 215 g/mol. The van der Waals surface area contributed by atoms with E-state index in [1.165, 1.54) is 12.8 Å². The second kappa shape index (κ2) is 8.72. The summed E-state index contributed by atoms with van der Waals surface area (Å²) in [5.74, 6) is -0.122. The molecule has 1 N–H and O–H groups in total.